The summed E-state index contributed by atoms with van der Waals surface area (Å²) in [6.45, 7) is 0. The van der Waals surface area contributed by atoms with E-state index in [2.05, 4.69) is 0 Å². The fourth-order valence-electron chi connectivity index (χ4n) is 2.16. The normalized spacial score (nSPS) is 17.3. The summed E-state index contributed by atoms with van der Waals surface area (Å²) >= 11 is 0. The van der Waals surface area contributed by atoms with Crippen LogP contribution in [0.2, 0.25) is 0 Å². The molecule has 0 radical (unpaired) electrons. The van der Waals surface area contributed by atoms with E-state index < -0.39 is 6.10 Å². The van der Waals surface area contributed by atoms with E-state index >= 15 is 0 Å². The number of benzene rings is 2. The van der Waals surface area contributed by atoms with Gasteiger partial charge in [0, 0.05) is 0 Å². The predicted octanol–water partition coefficient (Wildman–Crippen LogP) is 2.45. The SMILES string of the molecule is Oc1ccc2c(c1)-c1ccccc1[C@H]2O. The lowest BCUT2D eigenvalue weighted by molar-refractivity contribution is 0.225. The highest BCUT2D eigenvalue weighted by molar-refractivity contribution is 5.78. The quantitative estimate of drug-likeness (QED) is 0.682. The van der Waals surface area contributed by atoms with Gasteiger partial charge in [0.15, 0.2) is 0 Å². The van der Waals surface area contributed by atoms with Crippen molar-refractivity contribution in [3.05, 3.63) is 53.6 Å². The number of phenolic OH excluding ortho intramolecular Hbond substituents is 1. The smallest absolute Gasteiger partial charge is 0.116 e. The number of fused-ring (bicyclic) bond motifs is 3. The average molecular weight is 198 g/mol. The van der Waals surface area contributed by atoms with Gasteiger partial charge in [0.25, 0.3) is 0 Å². The number of phenols is 1. The molecular formula is C13H10O2. The molecule has 0 fully saturated rings. The van der Waals surface area contributed by atoms with Gasteiger partial charge >= 0.3 is 0 Å². The van der Waals surface area contributed by atoms with Crippen molar-refractivity contribution < 1.29 is 10.2 Å². The molecule has 0 aromatic heterocycles. The highest BCUT2D eigenvalue weighted by atomic mass is 16.3. The van der Waals surface area contributed by atoms with Gasteiger partial charge in [-0.1, -0.05) is 30.3 Å². The first kappa shape index (κ1) is 8.50. The lowest BCUT2D eigenvalue weighted by Crippen LogP contribution is -1.92. The molecule has 1 atom stereocenters. The molecule has 2 N–H and O–H groups in total. The van der Waals surface area contributed by atoms with Crippen LogP contribution in [0.1, 0.15) is 17.2 Å². The van der Waals surface area contributed by atoms with Crippen molar-refractivity contribution in [2.24, 2.45) is 0 Å². The van der Waals surface area contributed by atoms with Crippen molar-refractivity contribution in [1.82, 2.24) is 0 Å². The van der Waals surface area contributed by atoms with Crippen molar-refractivity contribution in [3.63, 3.8) is 0 Å². The van der Waals surface area contributed by atoms with Crippen LogP contribution in [0.3, 0.4) is 0 Å². The predicted molar refractivity (Wildman–Crippen MR) is 57.6 cm³/mol. The highest BCUT2D eigenvalue weighted by Crippen LogP contribution is 2.44. The van der Waals surface area contributed by atoms with Crippen LogP contribution in [0.25, 0.3) is 11.1 Å². The zero-order valence-corrected chi connectivity index (χ0v) is 8.01. The molecule has 0 heterocycles. The number of aromatic hydroxyl groups is 1. The van der Waals surface area contributed by atoms with E-state index in [0.717, 1.165) is 22.3 Å². The topological polar surface area (TPSA) is 40.5 Å². The molecule has 1 aliphatic carbocycles. The third kappa shape index (κ3) is 1.09. The fraction of sp³-hybridized carbons (Fsp3) is 0.0769. The summed E-state index contributed by atoms with van der Waals surface area (Å²) in [4.78, 5) is 0. The molecule has 1 aliphatic rings. The first-order chi connectivity index (χ1) is 7.27. The molecule has 74 valence electrons. The number of aliphatic hydroxyl groups excluding tert-OH is 1. The van der Waals surface area contributed by atoms with E-state index in [0.29, 0.717) is 0 Å². The van der Waals surface area contributed by atoms with Gasteiger partial charge in [-0.05, 0) is 34.4 Å². The zero-order chi connectivity index (χ0) is 10.4. The Morgan fingerprint density at radius 3 is 2.47 bits per heavy atom. The van der Waals surface area contributed by atoms with Crippen LogP contribution >= 0.6 is 0 Å². The maximum atomic E-state index is 10.0. The number of aliphatic hydroxyl groups is 1. The Labute approximate surface area is 87.4 Å². The molecule has 0 aliphatic heterocycles. The van der Waals surface area contributed by atoms with Gasteiger partial charge in [0.1, 0.15) is 11.9 Å². The zero-order valence-electron chi connectivity index (χ0n) is 8.01. The first-order valence-electron chi connectivity index (χ1n) is 4.87. The standard InChI is InChI=1S/C13H10O2/c14-8-5-6-11-12(7-8)9-3-1-2-4-10(9)13(11)15/h1-7,13-15H/t13-/m1/s1. The molecule has 2 heteroatoms. The maximum absolute atomic E-state index is 10.0. The summed E-state index contributed by atoms with van der Waals surface area (Å²) in [6, 6.07) is 12.8. The molecule has 0 saturated heterocycles. The minimum Gasteiger partial charge on any atom is -0.508 e. The lowest BCUT2D eigenvalue weighted by atomic mass is 10.1. The Hall–Kier alpha value is -1.80. The van der Waals surface area contributed by atoms with Crippen molar-refractivity contribution in [3.8, 4) is 16.9 Å². The molecule has 0 spiro atoms. The largest absolute Gasteiger partial charge is 0.508 e. The van der Waals surface area contributed by atoms with Crippen LogP contribution in [-0.4, -0.2) is 10.2 Å². The van der Waals surface area contributed by atoms with E-state index in [1.807, 2.05) is 24.3 Å². The van der Waals surface area contributed by atoms with Crippen molar-refractivity contribution in [1.29, 1.82) is 0 Å². The van der Waals surface area contributed by atoms with Crippen molar-refractivity contribution in [2.45, 2.75) is 6.10 Å². The van der Waals surface area contributed by atoms with Crippen LogP contribution in [0, 0.1) is 0 Å². The van der Waals surface area contributed by atoms with Gasteiger partial charge in [-0.15, -0.1) is 0 Å². The molecule has 2 aromatic rings. The Morgan fingerprint density at radius 1 is 0.867 bits per heavy atom. The second-order valence-electron chi connectivity index (χ2n) is 3.76. The van der Waals surface area contributed by atoms with E-state index in [1.165, 1.54) is 0 Å². The third-order valence-electron chi connectivity index (χ3n) is 2.88. The summed E-state index contributed by atoms with van der Waals surface area (Å²) in [5, 5.41) is 19.5. The van der Waals surface area contributed by atoms with Crippen molar-refractivity contribution >= 4 is 0 Å². The molecule has 2 nitrogen and oxygen atoms in total. The van der Waals surface area contributed by atoms with Crippen LogP contribution in [0.5, 0.6) is 5.75 Å². The molecule has 0 saturated carbocycles. The molecule has 2 aromatic carbocycles. The number of hydrogen-bond donors (Lipinski definition) is 2. The second kappa shape index (κ2) is 2.84. The van der Waals surface area contributed by atoms with Crippen LogP contribution in [0.15, 0.2) is 42.5 Å². The average Bonchev–Trinajstić information content (AvgIpc) is 2.54. The summed E-state index contributed by atoms with van der Waals surface area (Å²) in [5.74, 6) is 0.234. The Bertz CT molecular complexity index is 532. The Balaban J connectivity index is 2.34. The molecular weight excluding hydrogens is 188 g/mol. The minimum atomic E-state index is -0.559. The van der Waals surface area contributed by atoms with Gasteiger partial charge in [-0.2, -0.15) is 0 Å². The minimum absolute atomic E-state index is 0.234. The van der Waals surface area contributed by atoms with E-state index in [4.69, 9.17) is 0 Å². The molecule has 0 amide bonds. The summed E-state index contributed by atoms with van der Waals surface area (Å²) in [5.41, 5.74) is 3.72. The van der Waals surface area contributed by atoms with Crippen LogP contribution in [0.4, 0.5) is 0 Å². The number of hydrogen-bond acceptors (Lipinski definition) is 2. The van der Waals surface area contributed by atoms with Gasteiger partial charge < -0.3 is 10.2 Å². The van der Waals surface area contributed by atoms with Gasteiger partial charge in [0.05, 0.1) is 0 Å². The summed E-state index contributed by atoms with van der Waals surface area (Å²) < 4.78 is 0. The first-order valence-corrected chi connectivity index (χ1v) is 4.87. The molecule has 0 bridgehead atoms. The Morgan fingerprint density at radius 2 is 1.60 bits per heavy atom. The maximum Gasteiger partial charge on any atom is 0.116 e. The van der Waals surface area contributed by atoms with E-state index in [1.54, 1.807) is 18.2 Å². The summed E-state index contributed by atoms with van der Waals surface area (Å²) in [6.07, 6.45) is -0.559. The highest BCUT2D eigenvalue weighted by Gasteiger charge is 2.26. The lowest BCUT2D eigenvalue weighted by Gasteiger charge is -2.04. The Kier molecular flexibility index (Phi) is 1.61. The second-order valence-corrected chi connectivity index (χ2v) is 3.76. The van der Waals surface area contributed by atoms with Gasteiger partial charge in [-0.25, -0.2) is 0 Å². The molecule has 15 heavy (non-hydrogen) atoms. The van der Waals surface area contributed by atoms with E-state index in [-0.39, 0.29) is 5.75 Å². The van der Waals surface area contributed by atoms with Crippen LogP contribution in [-0.2, 0) is 0 Å². The van der Waals surface area contributed by atoms with Crippen LogP contribution < -0.4 is 0 Å². The van der Waals surface area contributed by atoms with E-state index in [9.17, 15) is 10.2 Å². The van der Waals surface area contributed by atoms with Gasteiger partial charge in [0.2, 0.25) is 0 Å². The van der Waals surface area contributed by atoms with Crippen molar-refractivity contribution in [2.75, 3.05) is 0 Å². The monoisotopic (exact) mass is 198 g/mol. The molecule has 0 unspecified atom stereocenters. The van der Waals surface area contributed by atoms with Gasteiger partial charge in [-0.3, -0.25) is 0 Å². The fourth-order valence-corrected chi connectivity index (χ4v) is 2.16. The molecule has 3 rings (SSSR count). The summed E-state index contributed by atoms with van der Waals surface area (Å²) in [7, 11) is 0. The third-order valence-corrected chi connectivity index (χ3v) is 2.88. The number of rotatable bonds is 0.